The monoisotopic (exact) mass is 282 g/mol. The number of nitrogens with zero attached hydrogens (tertiary/aromatic N) is 2. The van der Waals surface area contributed by atoms with Crippen molar-refractivity contribution in [3.05, 3.63) is 59.8 Å². The summed E-state index contributed by atoms with van der Waals surface area (Å²) in [5.41, 5.74) is 1.70. The highest BCUT2D eigenvalue weighted by Crippen LogP contribution is 2.34. The maximum absolute atomic E-state index is 9.57. The van der Waals surface area contributed by atoms with Crippen LogP contribution in [0, 0.1) is 11.3 Å². The van der Waals surface area contributed by atoms with E-state index >= 15 is 0 Å². The Balaban J connectivity index is 2.39. The topological polar surface area (TPSA) is 66.1 Å². The van der Waals surface area contributed by atoms with Gasteiger partial charge in [-0.05, 0) is 18.1 Å². The van der Waals surface area contributed by atoms with Gasteiger partial charge in [0.15, 0.2) is 0 Å². The lowest BCUT2D eigenvalue weighted by molar-refractivity contribution is 0.270. The summed E-state index contributed by atoms with van der Waals surface area (Å²) in [5.74, 6) is -0.00403. The highest BCUT2D eigenvalue weighted by Gasteiger charge is 2.25. The minimum Gasteiger partial charge on any atom is -0.481 e. The number of aliphatic hydroxyl groups excluding tert-OH is 1. The lowest BCUT2D eigenvalue weighted by Crippen LogP contribution is -2.13. The average Bonchev–Trinajstić information content (AvgIpc) is 2.56. The van der Waals surface area contributed by atoms with Gasteiger partial charge in [0.05, 0.1) is 19.1 Å². The van der Waals surface area contributed by atoms with E-state index in [9.17, 15) is 10.4 Å². The van der Waals surface area contributed by atoms with E-state index in [1.165, 1.54) is 0 Å². The molecule has 0 saturated carbocycles. The van der Waals surface area contributed by atoms with Gasteiger partial charge in [-0.1, -0.05) is 36.4 Å². The molecule has 0 aliphatic carbocycles. The van der Waals surface area contributed by atoms with Crippen molar-refractivity contribution in [1.29, 1.82) is 5.26 Å². The van der Waals surface area contributed by atoms with Gasteiger partial charge in [0.2, 0.25) is 5.88 Å². The number of ether oxygens (including phenoxy) is 1. The van der Waals surface area contributed by atoms with Crippen molar-refractivity contribution >= 4 is 0 Å². The molecule has 21 heavy (non-hydrogen) atoms. The summed E-state index contributed by atoms with van der Waals surface area (Å²) in [6.45, 7) is 0.00850. The quantitative estimate of drug-likeness (QED) is 0.884. The van der Waals surface area contributed by atoms with E-state index in [1.807, 2.05) is 42.5 Å². The third-order valence-corrected chi connectivity index (χ3v) is 3.47. The predicted molar refractivity (Wildman–Crippen MR) is 80.0 cm³/mol. The van der Waals surface area contributed by atoms with Crippen LogP contribution in [0.4, 0.5) is 0 Å². The van der Waals surface area contributed by atoms with Crippen molar-refractivity contribution in [2.45, 2.75) is 18.3 Å². The molecular formula is C17H18N2O2. The average molecular weight is 282 g/mol. The van der Waals surface area contributed by atoms with E-state index in [0.29, 0.717) is 12.3 Å². The largest absolute Gasteiger partial charge is 0.481 e. The SMILES string of the molecule is COc1cccc([C@H](CCO)[C@H](C#N)c2ccccc2)n1. The summed E-state index contributed by atoms with van der Waals surface area (Å²) in [7, 11) is 1.56. The zero-order valence-electron chi connectivity index (χ0n) is 11.9. The first kappa shape index (κ1) is 15.0. The van der Waals surface area contributed by atoms with E-state index in [4.69, 9.17) is 4.74 Å². The Morgan fingerprint density at radius 1 is 1.19 bits per heavy atom. The van der Waals surface area contributed by atoms with Gasteiger partial charge in [-0.3, -0.25) is 0 Å². The standard InChI is InChI=1S/C17H18N2O2/c1-21-17-9-5-8-16(19-17)14(10-11-20)15(12-18)13-6-3-2-4-7-13/h2-9,14-15,20H,10-11H2,1H3/t14-,15-/m1/s1. The molecule has 108 valence electrons. The third kappa shape index (κ3) is 3.59. The van der Waals surface area contributed by atoms with Crippen LogP contribution in [0.2, 0.25) is 0 Å². The van der Waals surface area contributed by atoms with E-state index in [0.717, 1.165) is 11.3 Å². The first-order chi connectivity index (χ1) is 10.3. The number of methoxy groups -OCH3 is 1. The smallest absolute Gasteiger partial charge is 0.213 e. The number of aliphatic hydroxyl groups is 1. The summed E-state index contributed by atoms with van der Waals surface area (Å²) >= 11 is 0. The highest BCUT2D eigenvalue weighted by atomic mass is 16.5. The summed E-state index contributed by atoms with van der Waals surface area (Å²) in [4.78, 5) is 4.42. The Labute approximate surface area is 124 Å². The number of nitriles is 1. The summed E-state index contributed by atoms with van der Waals surface area (Å²) in [5, 5.41) is 18.9. The Hall–Kier alpha value is -2.38. The fourth-order valence-corrected chi connectivity index (χ4v) is 2.43. The molecule has 0 aliphatic heterocycles. The number of aromatic nitrogens is 1. The molecule has 2 atom stereocenters. The van der Waals surface area contributed by atoms with Gasteiger partial charge >= 0.3 is 0 Å². The van der Waals surface area contributed by atoms with Gasteiger partial charge < -0.3 is 9.84 Å². The number of hydrogen-bond donors (Lipinski definition) is 1. The minimum absolute atomic E-state index is 0.00850. The molecule has 0 aliphatic rings. The molecule has 1 aromatic carbocycles. The van der Waals surface area contributed by atoms with Crippen LogP contribution in [0.5, 0.6) is 5.88 Å². The second-order valence-corrected chi connectivity index (χ2v) is 4.74. The second-order valence-electron chi connectivity index (χ2n) is 4.74. The molecule has 1 aromatic heterocycles. The summed E-state index contributed by atoms with van der Waals surface area (Å²) < 4.78 is 5.15. The van der Waals surface area contributed by atoms with Crippen molar-refractivity contribution < 1.29 is 9.84 Å². The van der Waals surface area contributed by atoms with Crippen LogP contribution in [-0.2, 0) is 0 Å². The van der Waals surface area contributed by atoms with Crippen LogP contribution in [0.3, 0.4) is 0 Å². The van der Waals surface area contributed by atoms with Crippen LogP contribution in [0.1, 0.15) is 29.5 Å². The van der Waals surface area contributed by atoms with Gasteiger partial charge in [-0.2, -0.15) is 5.26 Å². The van der Waals surface area contributed by atoms with E-state index in [2.05, 4.69) is 11.1 Å². The maximum Gasteiger partial charge on any atom is 0.213 e. The minimum atomic E-state index is -0.349. The van der Waals surface area contributed by atoms with Gasteiger partial charge in [0, 0.05) is 24.3 Å². The lowest BCUT2D eigenvalue weighted by atomic mass is 9.82. The zero-order valence-corrected chi connectivity index (χ0v) is 11.9. The Morgan fingerprint density at radius 2 is 1.95 bits per heavy atom. The van der Waals surface area contributed by atoms with Crippen LogP contribution >= 0.6 is 0 Å². The van der Waals surface area contributed by atoms with Gasteiger partial charge in [0.1, 0.15) is 0 Å². The highest BCUT2D eigenvalue weighted by molar-refractivity contribution is 5.31. The normalized spacial score (nSPS) is 13.2. The van der Waals surface area contributed by atoms with Crippen LogP contribution in [0.25, 0.3) is 0 Å². The van der Waals surface area contributed by atoms with Gasteiger partial charge in [0.25, 0.3) is 0 Å². The Morgan fingerprint density at radius 3 is 2.57 bits per heavy atom. The van der Waals surface area contributed by atoms with Crippen molar-refractivity contribution in [1.82, 2.24) is 4.98 Å². The Bertz CT molecular complexity index is 608. The van der Waals surface area contributed by atoms with E-state index < -0.39 is 0 Å². The fourth-order valence-electron chi connectivity index (χ4n) is 2.43. The fraction of sp³-hybridized carbons (Fsp3) is 0.294. The van der Waals surface area contributed by atoms with Crippen molar-refractivity contribution in [2.75, 3.05) is 13.7 Å². The molecule has 0 unspecified atom stereocenters. The number of benzene rings is 1. The first-order valence-corrected chi connectivity index (χ1v) is 6.86. The molecular weight excluding hydrogens is 264 g/mol. The number of pyridine rings is 1. The molecule has 0 saturated heterocycles. The van der Waals surface area contributed by atoms with Crippen LogP contribution < -0.4 is 4.74 Å². The van der Waals surface area contributed by atoms with Crippen LogP contribution in [0.15, 0.2) is 48.5 Å². The molecule has 0 fully saturated rings. The summed E-state index contributed by atoms with van der Waals surface area (Å²) in [6.07, 6.45) is 0.479. The number of rotatable bonds is 6. The molecule has 1 N–H and O–H groups in total. The third-order valence-electron chi connectivity index (χ3n) is 3.47. The molecule has 2 rings (SSSR count). The first-order valence-electron chi connectivity index (χ1n) is 6.86. The molecule has 4 heteroatoms. The summed E-state index contributed by atoms with van der Waals surface area (Å²) in [6, 6.07) is 17.4. The van der Waals surface area contributed by atoms with E-state index in [1.54, 1.807) is 13.2 Å². The molecule has 4 nitrogen and oxygen atoms in total. The number of hydrogen-bond acceptors (Lipinski definition) is 4. The lowest BCUT2D eigenvalue weighted by Gasteiger charge is -2.21. The molecule has 0 spiro atoms. The van der Waals surface area contributed by atoms with Gasteiger partial charge in [-0.25, -0.2) is 4.98 Å². The zero-order chi connectivity index (χ0) is 15.1. The van der Waals surface area contributed by atoms with Crippen LogP contribution in [-0.4, -0.2) is 23.8 Å². The molecule has 0 radical (unpaired) electrons. The Kier molecular flexibility index (Phi) is 5.30. The van der Waals surface area contributed by atoms with Crippen molar-refractivity contribution in [3.8, 4) is 11.9 Å². The molecule has 2 aromatic rings. The van der Waals surface area contributed by atoms with Crippen molar-refractivity contribution in [3.63, 3.8) is 0 Å². The maximum atomic E-state index is 9.57. The second kappa shape index (κ2) is 7.41. The molecule has 1 heterocycles. The molecule has 0 bridgehead atoms. The van der Waals surface area contributed by atoms with E-state index in [-0.39, 0.29) is 18.4 Å². The van der Waals surface area contributed by atoms with Crippen molar-refractivity contribution in [2.24, 2.45) is 0 Å². The van der Waals surface area contributed by atoms with Gasteiger partial charge in [-0.15, -0.1) is 0 Å². The predicted octanol–water partition coefficient (Wildman–Crippen LogP) is 2.86. The molecule has 0 amide bonds.